The Hall–Kier alpha value is -1.46. The van der Waals surface area contributed by atoms with E-state index in [0.717, 1.165) is 49.6 Å². The van der Waals surface area contributed by atoms with E-state index in [1.54, 1.807) is 0 Å². The molecular weight excluding hydrogens is 350 g/mol. The molecule has 0 aromatic heterocycles. The molecule has 0 saturated carbocycles. The fourth-order valence-corrected chi connectivity index (χ4v) is 3.49. The summed E-state index contributed by atoms with van der Waals surface area (Å²) in [7, 11) is 1.97. The van der Waals surface area contributed by atoms with Crippen LogP contribution in [0.3, 0.4) is 0 Å². The maximum atomic E-state index is 12.5. The van der Waals surface area contributed by atoms with Crippen molar-refractivity contribution in [3.8, 4) is 0 Å². The second-order valence-corrected chi connectivity index (χ2v) is 8.29. The Bertz CT molecular complexity index is 589. The molecule has 1 unspecified atom stereocenters. The number of carbonyl (C=O) groups excluding carboxylic acids is 1. The van der Waals surface area contributed by atoms with Crippen molar-refractivity contribution in [2.75, 3.05) is 38.1 Å². The Morgan fingerprint density at radius 1 is 1.42 bits per heavy atom. The molecule has 1 aliphatic rings. The summed E-state index contributed by atoms with van der Waals surface area (Å²) in [5.74, 6) is 0. The van der Waals surface area contributed by atoms with Crippen molar-refractivity contribution in [1.82, 2.24) is 10.2 Å². The molecule has 1 aliphatic heterocycles. The fraction of sp³-hybridized carbons (Fsp3) is 0.650. The third-order valence-corrected chi connectivity index (χ3v) is 4.69. The van der Waals surface area contributed by atoms with Gasteiger partial charge < -0.3 is 19.9 Å². The minimum atomic E-state index is -0.469. The molecule has 1 heterocycles. The SMILES string of the molecule is CNCCCN(c1cccc(Cl)c1)C1CCCN(C(=O)OC(C)(C)C)C1. The number of ether oxygens (including phenoxy) is 1. The molecule has 1 amide bonds. The van der Waals surface area contributed by atoms with E-state index < -0.39 is 5.60 Å². The molecule has 1 aromatic carbocycles. The van der Waals surface area contributed by atoms with Crippen LogP contribution in [0.2, 0.25) is 5.02 Å². The minimum Gasteiger partial charge on any atom is -0.444 e. The Morgan fingerprint density at radius 3 is 2.85 bits per heavy atom. The number of halogens is 1. The molecule has 1 N–H and O–H groups in total. The lowest BCUT2D eigenvalue weighted by molar-refractivity contribution is 0.0197. The summed E-state index contributed by atoms with van der Waals surface area (Å²) in [5.41, 5.74) is 0.647. The number of likely N-dealkylation sites (tertiary alicyclic amines) is 1. The number of piperidine rings is 1. The average molecular weight is 382 g/mol. The van der Waals surface area contributed by atoms with Gasteiger partial charge in [-0.2, -0.15) is 0 Å². The summed E-state index contributed by atoms with van der Waals surface area (Å²) in [5, 5.41) is 3.94. The van der Waals surface area contributed by atoms with Crippen LogP contribution in [0.4, 0.5) is 10.5 Å². The van der Waals surface area contributed by atoms with E-state index in [1.165, 1.54) is 0 Å². The Balaban J connectivity index is 2.11. The molecule has 6 heteroatoms. The summed E-state index contributed by atoms with van der Waals surface area (Å²) in [6, 6.07) is 8.25. The van der Waals surface area contributed by atoms with Crippen molar-refractivity contribution in [3.05, 3.63) is 29.3 Å². The van der Waals surface area contributed by atoms with Crippen molar-refractivity contribution < 1.29 is 9.53 Å². The third-order valence-electron chi connectivity index (χ3n) is 4.45. The molecule has 0 spiro atoms. The first-order chi connectivity index (χ1) is 12.3. The standard InChI is InChI=1S/C20H32ClN3O2/c1-20(2,3)26-19(25)23-12-6-10-18(15-23)24(13-7-11-22-4)17-9-5-8-16(21)14-17/h5,8-9,14,18,22H,6-7,10-13,15H2,1-4H3. The first-order valence-electron chi connectivity index (χ1n) is 9.45. The molecule has 0 bridgehead atoms. The number of rotatable bonds is 6. The van der Waals surface area contributed by atoms with Crippen molar-refractivity contribution in [2.24, 2.45) is 0 Å². The molecule has 1 fully saturated rings. The summed E-state index contributed by atoms with van der Waals surface area (Å²) >= 11 is 6.22. The maximum absolute atomic E-state index is 12.5. The van der Waals surface area contributed by atoms with Gasteiger partial charge in [0.2, 0.25) is 0 Å². The summed E-state index contributed by atoms with van der Waals surface area (Å²) in [4.78, 5) is 16.7. The molecule has 1 atom stereocenters. The van der Waals surface area contributed by atoms with Crippen LogP contribution in [-0.2, 0) is 4.74 Å². The molecule has 0 aliphatic carbocycles. The zero-order valence-corrected chi connectivity index (χ0v) is 17.2. The molecule has 1 saturated heterocycles. The van der Waals surface area contributed by atoms with E-state index in [2.05, 4.69) is 16.3 Å². The van der Waals surface area contributed by atoms with Crippen molar-refractivity contribution in [1.29, 1.82) is 0 Å². The highest BCUT2D eigenvalue weighted by Crippen LogP contribution is 2.26. The van der Waals surface area contributed by atoms with Crippen molar-refractivity contribution >= 4 is 23.4 Å². The minimum absolute atomic E-state index is 0.219. The molecule has 26 heavy (non-hydrogen) atoms. The van der Waals surface area contributed by atoms with Crippen molar-refractivity contribution in [3.63, 3.8) is 0 Å². The van der Waals surface area contributed by atoms with Gasteiger partial charge >= 0.3 is 6.09 Å². The van der Waals surface area contributed by atoms with Crippen LogP contribution in [0, 0.1) is 0 Å². The van der Waals surface area contributed by atoms with Gasteiger partial charge in [-0.05, 0) is 71.8 Å². The van der Waals surface area contributed by atoms with Gasteiger partial charge in [0.15, 0.2) is 0 Å². The van der Waals surface area contributed by atoms with Gasteiger partial charge in [-0.1, -0.05) is 17.7 Å². The maximum Gasteiger partial charge on any atom is 0.410 e. The average Bonchev–Trinajstić information content (AvgIpc) is 2.57. The van der Waals surface area contributed by atoms with Gasteiger partial charge in [0, 0.05) is 36.4 Å². The Kier molecular flexibility index (Phi) is 7.59. The number of hydrogen-bond donors (Lipinski definition) is 1. The van der Waals surface area contributed by atoms with Crippen LogP contribution < -0.4 is 10.2 Å². The second-order valence-electron chi connectivity index (χ2n) is 7.85. The predicted molar refractivity (Wildman–Crippen MR) is 108 cm³/mol. The fourth-order valence-electron chi connectivity index (χ4n) is 3.30. The quantitative estimate of drug-likeness (QED) is 0.751. The van der Waals surface area contributed by atoms with Crippen molar-refractivity contribution in [2.45, 2.75) is 51.7 Å². The van der Waals surface area contributed by atoms with Crippen LogP contribution in [0.5, 0.6) is 0 Å². The zero-order valence-electron chi connectivity index (χ0n) is 16.4. The smallest absolute Gasteiger partial charge is 0.410 e. The van der Waals surface area contributed by atoms with Gasteiger partial charge in [-0.25, -0.2) is 4.79 Å². The molecular formula is C20H32ClN3O2. The van der Waals surface area contributed by atoms with E-state index in [9.17, 15) is 4.79 Å². The van der Waals surface area contributed by atoms with Gasteiger partial charge in [-0.3, -0.25) is 0 Å². The highest BCUT2D eigenvalue weighted by molar-refractivity contribution is 6.30. The summed E-state index contributed by atoms with van der Waals surface area (Å²) in [6.07, 6.45) is 2.85. The Morgan fingerprint density at radius 2 is 2.19 bits per heavy atom. The number of nitrogens with one attached hydrogen (secondary N) is 1. The number of nitrogens with zero attached hydrogens (tertiary/aromatic N) is 2. The topological polar surface area (TPSA) is 44.8 Å². The largest absolute Gasteiger partial charge is 0.444 e. The van der Waals surface area contributed by atoms with Gasteiger partial charge in [0.05, 0.1) is 0 Å². The highest BCUT2D eigenvalue weighted by Gasteiger charge is 2.30. The van der Waals surface area contributed by atoms with Gasteiger partial charge in [-0.15, -0.1) is 0 Å². The molecule has 1 aromatic rings. The number of carbonyl (C=O) groups is 1. The third kappa shape index (κ3) is 6.36. The van der Waals surface area contributed by atoms with Crippen LogP contribution in [0.1, 0.15) is 40.0 Å². The van der Waals surface area contributed by atoms with E-state index in [0.29, 0.717) is 6.54 Å². The monoisotopic (exact) mass is 381 g/mol. The number of amides is 1. The second kappa shape index (κ2) is 9.47. The normalized spacial score (nSPS) is 17.9. The predicted octanol–water partition coefficient (Wildman–Crippen LogP) is 4.16. The molecule has 0 radical (unpaired) electrons. The first kappa shape index (κ1) is 20.8. The number of hydrogen-bond acceptors (Lipinski definition) is 4. The van der Waals surface area contributed by atoms with Crippen LogP contribution in [-0.4, -0.2) is 55.9 Å². The van der Waals surface area contributed by atoms with Gasteiger partial charge in [0.1, 0.15) is 5.60 Å². The lowest BCUT2D eigenvalue weighted by Crippen LogP contribution is -2.51. The zero-order chi connectivity index (χ0) is 19.2. The molecule has 5 nitrogen and oxygen atoms in total. The highest BCUT2D eigenvalue weighted by atomic mass is 35.5. The van der Waals surface area contributed by atoms with Crippen LogP contribution in [0.25, 0.3) is 0 Å². The van der Waals surface area contributed by atoms with E-state index >= 15 is 0 Å². The van der Waals surface area contributed by atoms with E-state index in [1.807, 2.05) is 50.9 Å². The lowest BCUT2D eigenvalue weighted by Gasteiger charge is -2.41. The molecule has 146 valence electrons. The van der Waals surface area contributed by atoms with Gasteiger partial charge in [0.25, 0.3) is 0 Å². The Labute approximate surface area is 162 Å². The molecule has 2 rings (SSSR count). The lowest BCUT2D eigenvalue weighted by atomic mass is 10.0. The van der Waals surface area contributed by atoms with Crippen LogP contribution in [0.15, 0.2) is 24.3 Å². The summed E-state index contributed by atoms with van der Waals surface area (Å²) < 4.78 is 5.57. The summed E-state index contributed by atoms with van der Waals surface area (Å²) in [6.45, 7) is 9.03. The van der Waals surface area contributed by atoms with Crippen LogP contribution >= 0.6 is 11.6 Å². The number of benzene rings is 1. The van der Waals surface area contributed by atoms with E-state index in [-0.39, 0.29) is 12.1 Å². The van der Waals surface area contributed by atoms with E-state index in [4.69, 9.17) is 16.3 Å². The first-order valence-corrected chi connectivity index (χ1v) is 9.82. The number of anilines is 1.